The van der Waals surface area contributed by atoms with Gasteiger partial charge in [-0.15, -0.1) is 0 Å². The van der Waals surface area contributed by atoms with Gasteiger partial charge in [-0.25, -0.2) is 0 Å². The normalized spacial score (nSPS) is 13.0. The summed E-state index contributed by atoms with van der Waals surface area (Å²) in [7, 11) is -4.09. The number of hydrogen-bond acceptors (Lipinski definition) is 3. The fraction of sp³-hybridized carbons (Fsp3) is 0.200. The molecule has 3 nitrogen and oxygen atoms in total. The van der Waals surface area contributed by atoms with Crippen molar-refractivity contribution in [3.05, 3.63) is 99.6 Å². The predicted molar refractivity (Wildman–Crippen MR) is 119 cm³/mol. The molecule has 1 atom stereocenters. The zero-order chi connectivity index (χ0) is 21.3. The van der Waals surface area contributed by atoms with Crippen LogP contribution in [0, 0.1) is 34.6 Å². The standard InChI is InChI=1S/C25H25O3P/c1-16-11-12-22(18(3)13-16)24(26)29(28,21-9-7-6-8-10-21)25(27)23-19(4)14-17(2)15-20(23)5/h6-15H,1-5H3. The average molecular weight is 404 g/mol. The van der Waals surface area contributed by atoms with E-state index >= 15 is 0 Å². The van der Waals surface area contributed by atoms with E-state index in [0.717, 1.165) is 27.8 Å². The van der Waals surface area contributed by atoms with Crippen molar-refractivity contribution in [3.63, 3.8) is 0 Å². The SMILES string of the molecule is Cc1ccc(C(=O)P(=O)(C(=O)c2c(C)cc(C)cc2C)c2ccccc2)c(C)c1. The van der Waals surface area contributed by atoms with Gasteiger partial charge in [0.15, 0.2) is 0 Å². The van der Waals surface area contributed by atoms with Gasteiger partial charge < -0.3 is 4.57 Å². The number of carbonyl (C=O) groups is 2. The van der Waals surface area contributed by atoms with Crippen molar-refractivity contribution in [2.45, 2.75) is 34.6 Å². The second-order valence-corrected chi connectivity index (χ2v) is 10.2. The summed E-state index contributed by atoms with van der Waals surface area (Å²) in [6, 6.07) is 17.5. The minimum Gasteiger partial charge on any atom is -0.302 e. The van der Waals surface area contributed by atoms with Crippen molar-refractivity contribution >= 4 is 23.5 Å². The first-order valence-corrected chi connectivity index (χ1v) is 11.3. The molecule has 1 unspecified atom stereocenters. The van der Waals surface area contributed by atoms with Gasteiger partial charge in [-0.05, 0) is 51.3 Å². The number of benzene rings is 3. The fourth-order valence-electron chi connectivity index (χ4n) is 3.86. The highest BCUT2D eigenvalue weighted by Gasteiger charge is 2.44. The highest BCUT2D eigenvalue weighted by molar-refractivity contribution is 8.01. The smallest absolute Gasteiger partial charge is 0.248 e. The molecule has 0 saturated heterocycles. The second-order valence-electron chi connectivity index (χ2n) is 7.65. The number of aryl methyl sites for hydroxylation is 5. The Kier molecular flexibility index (Phi) is 5.73. The van der Waals surface area contributed by atoms with Crippen molar-refractivity contribution in [2.75, 3.05) is 0 Å². The second kappa shape index (κ2) is 7.93. The van der Waals surface area contributed by atoms with Crippen molar-refractivity contribution in [3.8, 4) is 0 Å². The number of carbonyl (C=O) groups excluding carboxylic acids is 2. The Morgan fingerprint density at radius 3 is 1.76 bits per heavy atom. The molecule has 0 heterocycles. The lowest BCUT2D eigenvalue weighted by atomic mass is 10.0. The van der Waals surface area contributed by atoms with Crippen LogP contribution in [-0.2, 0) is 4.57 Å². The summed E-state index contributed by atoms with van der Waals surface area (Å²) in [4.78, 5) is 27.3. The Morgan fingerprint density at radius 2 is 1.21 bits per heavy atom. The molecule has 148 valence electrons. The van der Waals surface area contributed by atoms with Crippen LogP contribution in [0.4, 0.5) is 0 Å². The third-order valence-corrected chi connectivity index (χ3v) is 7.83. The molecular formula is C25H25O3P. The molecule has 0 saturated carbocycles. The number of rotatable bonds is 5. The lowest BCUT2D eigenvalue weighted by Gasteiger charge is -2.20. The molecule has 29 heavy (non-hydrogen) atoms. The van der Waals surface area contributed by atoms with E-state index in [2.05, 4.69) is 0 Å². The van der Waals surface area contributed by atoms with Gasteiger partial charge in [0.05, 0.1) is 0 Å². The summed E-state index contributed by atoms with van der Waals surface area (Å²) >= 11 is 0. The van der Waals surface area contributed by atoms with E-state index in [1.54, 1.807) is 36.4 Å². The molecule has 0 radical (unpaired) electrons. The predicted octanol–water partition coefficient (Wildman–Crippen LogP) is 5.90. The van der Waals surface area contributed by atoms with Gasteiger partial charge in [0, 0.05) is 16.4 Å². The molecule has 0 spiro atoms. The van der Waals surface area contributed by atoms with Crippen LogP contribution in [0.5, 0.6) is 0 Å². The topological polar surface area (TPSA) is 51.2 Å². The van der Waals surface area contributed by atoms with Crippen LogP contribution < -0.4 is 5.30 Å². The molecule has 0 N–H and O–H groups in total. The van der Waals surface area contributed by atoms with Crippen molar-refractivity contribution in [1.29, 1.82) is 0 Å². The maximum atomic E-state index is 14.3. The van der Waals surface area contributed by atoms with Gasteiger partial charge in [0.2, 0.25) is 18.2 Å². The highest BCUT2D eigenvalue weighted by atomic mass is 31.2. The van der Waals surface area contributed by atoms with E-state index in [1.807, 2.05) is 58.9 Å². The van der Waals surface area contributed by atoms with Crippen LogP contribution in [0.1, 0.15) is 48.5 Å². The largest absolute Gasteiger partial charge is 0.302 e. The van der Waals surface area contributed by atoms with Crippen molar-refractivity contribution in [2.24, 2.45) is 0 Å². The van der Waals surface area contributed by atoms with E-state index in [4.69, 9.17) is 0 Å². The van der Waals surface area contributed by atoms with E-state index < -0.39 is 18.2 Å². The van der Waals surface area contributed by atoms with Gasteiger partial charge in [0.25, 0.3) is 0 Å². The summed E-state index contributed by atoms with van der Waals surface area (Å²) in [6.45, 7) is 9.34. The maximum absolute atomic E-state index is 14.3. The lowest BCUT2D eigenvalue weighted by Crippen LogP contribution is -2.22. The first kappa shape index (κ1) is 21.0. The van der Waals surface area contributed by atoms with E-state index in [0.29, 0.717) is 11.1 Å². The first-order chi connectivity index (χ1) is 13.7. The lowest BCUT2D eigenvalue weighted by molar-refractivity contribution is 0.104. The summed E-state index contributed by atoms with van der Waals surface area (Å²) < 4.78 is 14.3. The fourth-order valence-corrected chi connectivity index (χ4v) is 6.37. The van der Waals surface area contributed by atoms with E-state index in [-0.39, 0.29) is 5.30 Å². The Hall–Kier alpha value is -2.77. The molecule has 3 rings (SSSR count). The molecule has 0 aromatic heterocycles. The quantitative estimate of drug-likeness (QED) is 0.498. The van der Waals surface area contributed by atoms with Gasteiger partial charge in [-0.2, -0.15) is 0 Å². The molecule has 0 bridgehead atoms. The monoisotopic (exact) mass is 404 g/mol. The highest BCUT2D eigenvalue weighted by Crippen LogP contribution is 2.52. The zero-order valence-corrected chi connectivity index (χ0v) is 18.3. The molecule has 3 aromatic rings. The third-order valence-electron chi connectivity index (χ3n) is 5.20. The molecule has 0 aliphatic rings. The Bertz CT molecular complexity index is 1140. The van der Waals surface area contributed by atoms with Crippen LogP contribution in [-0.4, -0.2) is 11.0 Å². The van der Waals surface area contributed by atoms with Crippen LogP contribution in [0.25, 0.3) is 0 Å². The van der Waals surface area contributed by atoms with Crippen LogP contribution in [0.15, 0.2) is 60.7 Å². The molecule has 0 fully saturated rings. The maximum Gasteiger partial charge on any atom is 0.248 e. The van der Waals surface area contributed by atoms with E-state index in [1.165, 1.54) is 0 Å². The van der Waals surface area contributed by atoms with Crippen LogP contribution in [0.3, 0.4) is 0 Å². The summed E-state index contributed by atoms with van der Waals surface area (Å²) in [5.41, 5.74) is 3.72. The average Bonchev–Trinajstić information content (AvgIpc) is 2.66. The minimum absolute atomic E-state index is 0.273. The van der Waals surface area contributed by atoms with Crippen molar-refractivity contribution < 1.29 is 14.2 Å². The van der Waals surface area contributed by atoms with E-state index in [9.17, 15) is 14.2 Å². The molecule has 0 aliphatic heterocycles. The zero-order valence-electron chi connectivity index (χ0n) is 17.4. The summed E-state index contributed by atoms with van der Waals surface area (Å²) in [5, 5.41) is 0.273. The number of hydrogen-bond donors (Lipinski definition) is 0. The van der Waals surface area contributed by atoms with Gasteiger partial charge in [-0.3, -0.25) is 9.59 Å². The Morgan fingerprint density at radius 1 is 0.655 bits per heavy atom. The first-order valence-electron chi connectivity index (χ1n) is 9.57. The van der Waals surface area contributed by atoms with Crippen LogP contribution >= 0.6 is 7.14 Å². The van der Waals surface area contributed by atoms with Gasteiger partial charge in [0.1, 0.15) is 0 Å². The van der Waals surface area contributed by atoms with Gasteiger partial charge in [-0.1, -0.05) is 71.8 Å². The van der Waals surface area contributed by atoms with Crippen molar-refractivity contribution in [1.82, 2.24) is 0 Å². The molecule has 3 aromatic carbocycles. The molecule has 4 heteroatoms. The summed E-state index contributed by atoms with van der Waals surface area (Å²) in [6.07, 6.45) is 0. The minimum atomic E-state index is -4.09. The summed E-state index contributed by atoms with van der Waals surface area (Å²) in [5.74, 6) is 0. The Labute approximate surface area is 172 Å². The van der Waals surface area contributed by atoms with Gasteiger partial charge >= 0.3 is 0 Å². The molecule has 0 amide bonds. The van der Waals surface area contributed by atoms with Crippen LogP contribution in [0.2, 0.25) is 0 Å². The molecule has 0 aliphatic carbocycles. The Balaban J connectivity index is 2.27. The third kappa shape index (κ3) is 3.75. The molecular weight excluding hydrogens is 379 g/mol.